The van der Waals surface area contributed by atoms with Gasteiger partial charge in [-0.3, -0.25) is 9.78 Å². The van der Waals surface area contributed by atoms with Gasteiger partial charge in [-0.25, -0.2) is 4.68 Å². The highest BCUT2D eigenvalue weighted by atomic mass is 16.5. The Balaban J connectivity index is 1.68. The number of hydrogen-bond donors (Lipinski definition) is 0. The van der Waals surface area contributed by atoms with Gasteiger partial charge in [-0.2, -0.15) is 5.10 Å². The highest BCUT2D eigenvalue weighted by Gasteiger charge is 2.17. The Morgan fingerprint density at radius 3 is 3.05 bits per heavy atom. The molecular formula is C15H17N3O3. The van der Waals surface area contributed by atoms with E-state index in [9.17, 15) is 4.79 Å². The van der Waals surface area contributed by atoms with Crippen LogP contribution in [0.2, 0.25) is 0 Å². The Morgan fingerprint density at radius 2 is 2.33 bits per heavy atom. The van der Waals surface area contributed by atoms with Crippen molar-refractivity contribution in [2.75, 3.05) is 6.61 Å². The third-order valence-electron chi connectivity index (χ3n) is 3.34. The third-order valence-corrected chi connectivity index (χ3v) is 3.34. The van der Waals surface area contributed by atoms with E-state index in [4.69, 9.17) is 9.47 Å². The maximum Gasteiger partial charge on any atom is 0.272 e. The molecule has 3 rings (SSSR count). The SMILES string of the molecule is O=c1cc(OCc2ccccn2)cnn1C1CCCCO1. The van der Waals surface area contributed by atoms with E-state index >= 15 is 0 Å². The molecule has 0 radical (unpaired) electrons. The zero-order chi connectivity index (χ0) is 14.5. The predicted molar refractivity (Wildman–Crippen MR) is 75.9 cm³/mol. The highest BCUT2D eigenvalue weighted by molar-refractivity contribution is 5.14. The van der Waals surface area contributed by atoms with E-state index in [0.29, 0.717) is 19.0 Å². The van der Waals surface area contributed by atoms with Crippen molar-refractivity contribution in [1.29, 1.82) is 0 Å². The minimum Gasteiger partial charge on any atom is -0.485 e. The molecule has 21 heavy (non-hydrogen) atoms. The molecule has 2 aromatic rings. The average molecular weight is 287 g/mol. The van der Waals surface area contributed by atoms with Crippen LogP contribution in [0.15, 0.2) is 41.5 Å². The van der Waals surface area contributed by atoms with Crippen LogP contribution in [0.4, 0.5) is 0 Å². The second-order valence-corrected chi connectivity index (χ2v) is 4.91. The van der Waals surface area contributed by atoms with E-state index in [-0.39, 0.29) is 11.8 Å². The molecule has 0 N–H and O–H groups in total. The van der Waals surface area contributed by atoms with Gasteiger partial charge in [-0.15, -0.1) is 0 Å². The van der Waals surface area contributed by atoms with Crippen LogP contribution in [0.3, 0.4) is 0 Å². The number of pyridine rings is 1. The molecule has 6 nitrogen and oxygen atoms in total. The van der Waals surface area contributed by atoms with Gasteiger partial charge in [0.2, 0.25) is 0 Å². The normalized spacial score (nSPS) is 18.4. The minimum atomic E-state index is -0.254. The van der Waals surface area contributed by atoms with E-state index in [1.807, 2.05) is 18.2 Å². The first kappa shape index (κ1) is 13.8. The monoisotopic (exact) mass is 287 g/mol. The van der Waals surface area contributed by atoms with E-state index in [0.717, 1.165) is 25.0 Å². The zero-order valence-corrected chi connectivity index (χ0v) is 11.6. The molecule has 110 valence electrons. The van der Waals surface area contributed by atoms with Crippen molar-refractivity contribution in [3.8, 4) is 5.75 Å². The fourth-order valence-electron chi connectivity index (χ4n) is 2.25. The molecule has 3 heterocycles. The van der Waals surface area contributed by atoms with E-state index in [1.54, 1.807) is 12.4 Å². The first-order valence-corrected chi connectivity index (χ1v) is 7.06. The van der Waals surface area contributed by atoms with Crippen LogP contribution in [-0.2, 0) is 11.3 Å². The number of rotatable bonds is 4. The van der Waals surface area contributed by atoms with Crippen molar-refractivity contribution in [3.63, 3.8) is 0 Å². The number of hydrogen-bond acceptors (Lipinski definition) is 5. The Kier molecular flexibility index (Phi) is 4.25. The van der Waals surface area contributed by atoms with E-state index in [1.165, 1.54) is 10.7 Å². The lowest BCUT2D eigenvalue weighted by atomic mass is 10.2. The van der Waals surface area contributed by atoms with Crippen LogP contribution in [-0.4, -0.2) is 21.4 Å². The fourth-order valence-corrected chi connectivity index (χ4v) is 2.25. The maximum atomic E-state index is 12.1. The largest absolute Gasteiger partial charge is 0.485 e. The summed E-state index contributed by atoms with van der Waals surface area (Å²) in [6, 6.07) is 7.04. The molecule has 0 saturated carbocycles. The Bertz CT molecular complexity index is 636. The first-order chi connectivity index (χ1) is 10.3. The van der Waals surface area contributed by atoms with Gasteiger partial charge in [-0.05, 0) is 31.4 Å². The van der Waals surface area contributed by atoms with Crippen molar-refractivity contribution in [2.45, 2.75) is 32.1 Å². The van der Waals surface area contributed by atoms with Gasteiger partial charge in [0.1, 0.15) is 12.4 Å². The summed E-state index contributed by atoms with van der Waals surface area (Å²) < 4.78 is 12.5. The summed E-state index contributed by atoms with van der Waals surface area (Å²) in [7, 11) is 0. The van der Waals surface area contributed by atoms with Crippen LogP contribution in [0.5, 0.6) is 5.75 Å². The van der Waals surface area contributed by atoms with Crippen LogP contribution in [0.1, 0.15) is 31.2 Å². The van der Waals surface area contributed by atoms with Gasteiger partial charge in [0, 0.05) is 18.9 Å². The lowest BCUT2D eigenvalue weighted by Crippen LogP contribution is -2.30. The predicted octanol–water partition coefficient (Wildman–Crippen LogP) is 1.92. The number of aromatic nitrogens is 3. The molecule has 1 aliphatic rings. The molecule has 0 spiro atoms. The molecule has 1 atom stereocenters. The maximum absolute atomic E-state index is 12.1. The van der Waals surface area contributed by atoms with Crippen molar-refractivity contribution in [3.05, 3.63) is 52.7 Å². The lowest BCUT2D eigenvalue weighted by molar-refractivity contribution is -0.0426. The number of ether oxygens (including phenoxy) is 2. The quantitative estimate of drug-likeness (QED) is 0.859. The van der Waals surface area contributed by atoms with E-state index in [2.05, 4.69) is 10.1 Å². The Morgan fingerprint density at radius 1 is 1.38 bits per heavy atom. The van der Waals surface area contributed by atoms with Crippen molar-refractivity contribution < 1.29 is 9.47 Å². The molecular weight excluding hydrogens is 270 g/mol. The first-order valence-electron chi connectivity index (χ1n) is 7.06. The second-order valence-electron chi connectivity index (χ2n) is 4.91. The molecule has 6 heteroatoms. The second kappa shape index (κ2) is 6.49. The summed E-state index contributed by atoms with van der Waals surface area (Å²) in [5, 5.41) is 4.15. The summed E-state index contributed by atoms with van der Waals surface area (Å²) in [6.07, 6.45) is 5.91. The molecule has 1 unspecified atom stereocenters. The Labute approximate surface area is 122 Å². The molecule has 1 aliphatic heterocycles. The minimum absolute atomic E-state index is 0.208. The molecule has 0 amide bonds. The lowest BCUT2D eigenvalue weighted by Gasteiger charge is -2.23. The smallest absolute Gasteiger partial charge is 0.272 e. The van der Waals surface area contributed by atoms with Crippen molar-refractivity contribution in [2.24, 2.45) is 0 Å². The third kappa shape index (κ3) is 3.46. The van der Waals surface area contributed by atoms with Crippen LogP contribution in [0.25, 0.3) is 0 Å². The summed E-state index contributed by atoms with van der Waals surface area (Å²) in [5.41, 5.74) is 0.595. The van der Waals surface area contributed by atoms with Gasteiger partial charge >= 0.3 is 0 Å². The topological polar surface area (TPSA) is 66.2 Å². The van der Waals surface area contributed by atoms with Crippen LogP contribution in [0, 0.1) is 0 Å². The van der Waals surface area contributed by atoms with Crippen molar-refractivity contribution in [1.82, 2.24) is 14.8 Å². The molecule has 1 saturated heterocycles. The molecule has 0 aromatic carbocycles. The molecule has 1 fully saturated rings. The van der Waals surface area contributed by atoms with E-state index < -0.39 is 0 Å². The van der Waals surface area contributed by atoms with Crippen LogP contribution >= 0.6 is 0 Å². The fraction of sp³-hybridized carbons (Fsp3) is 0.400. The molecule has 0 aliphatic carbocycles. The number of nitrogens with zero attached hydrogens (tertiary/aromatic N) is 3. The van der Waals surface area contributed by atoms with Crippen molar-refractivity contribution >= 4 is 0 Å². The standard InChI is InChI=1S/C15H17N3O3/c19-14-9-13(21-11-12-5-1-3-7-16-12)10-17-18(14)15-6-2-4-8-20-15/h1,3,5,7,9-10,15H,2,4,6,8,11H2. The summed E-state index contributed by atoms with van der Waals surface area (Å²) in [5.74, 6) is 0.442. The summed E-state index contributed by atoms with van der Waals surface area (Å²) in [6.45, 7) is 0.989. The summed E-state index contributed by atoms with van der Waals surface area (Å²) >= 11 is 0. The summed E-state index contributed by atoms with van der Waals surface area (Å²) in [4.78, 5) is 16.2. The molecule has 2 aromatic heterocycles. The van der Waals surface area contributed by atoms with Gasteiger partial charge in [0.15, 0.2) is 6.23 Å². The van der Waals surface area contributed by atoms with Gasteiger partial charge < -0.3 is 9.47 Å². The molecule has 0 bridgehead atoms. The van der Waals surface area contributed by atoms with Crippen LogP contribution < -0.4 is 10.3 Å². The van der Waals surface area contributed by atoms with Gasteiger partial charge in [0.25, 0.3) is 5.56 Å². The Hall–Kier alpha value is -2.21. The van der Waals surface area contributed by atoms with Gasteiger partial charge in [-0.1, -0.05) is 6.07 Å². The zero-order valence-electron chi connectivity index (χ0n) is 11.6. The highest BCUT2D eigenvalue weighted by Crippen LogP contribution is 2.20. The van der Waals surface area contributed by atoms with Gasteiger partial charge in [0.05, 0.1) is 11.9 Å². The average Bonchev–Trinajstić information content (AvgIpc) is 2.55.